The molecule has 0 spiro atoms. The second-order valence-corrected chi connectivity index (χ2v) is 5.41. The van der Waals surface area contributed by atoms with Crippen molar-refractivity contribution in [1.29, 1.82) is 0 Å². The van der Waals surface area contributed by atoms with Gasteiger partial charge in [-0.25, -0.2) is 0 Å². The predicted molar refractivity (Wildman–Crippen MR) is 89.4 cm³/mol. The Bertz CT molecular complexity index is 937. The number of pyridine rings is 1. The van der Waals surface area contributed by atoms with Gasteiger partial charge in [0.25, 0.3) is 0 Å². The predicted octanol–water partition coefficient (Wildman–Crippen LogP) is 5.36. The lowest BCUT2D eigenvalue weighted by Crippen LogP contribution is -1.86. The number of rotatable bonds is 1. The normalized spacial score (nSPS) is 11.1. The highest BCUT2D eigenvalue weighted by atomic mass is 14.6. The summed E-state index contributed by atoms with van der Waals surface area (Å²) >= 11 is 0. The van der Waals surface area contributed by atoms with Crippen molar-refractivity contribution in [3.05, 3.63) is 78.5 Å². The van der Waals surface area contributed by atoms with E-state index in [4.69, 9.17) is 0 Å². The highest BCUT2D eigenvalue weighted by molar-refractivity contribution is 6.12. The molecule has 0 amide bonds. The van der Waals surface area contributed by atoms with Gasteiger partial charge in [-0.1, -0.05) is 66.2 Å². The van der Waals surface area contributed by atoms with Crippen LogP contribution in [0.3, 0.4) is 0 Å². The van der Waals surface area contributed by atoms with Gasteiger partial charge in [0.2, 0.25) is 0 Å². The molecular formula is C20H15N. The standard InChI is InChI=1S/C20H15N/c1-14-7-9-15(10-8-14)18-6-2-4-16-11-12-17-5-3-13-21-20(17)19(16)18/h2-13H,1H3. The van der Waals surface area contributed by atoms with Crippen LogP contribution < -0.4 is 0 Å². The van der Waals surface area contributed by atoms with Crippen LogP contribution in [-0.2, 0) is 0 Å². The molecule has 0 atom stereocenters. The van der Waals surface area contributed by atoms with Crippen molar-refractivity contribution in [3.63, 3.8) is 0 Å². The summed E-state index contributed by atoms with van der Waals surface area (Å²) in [6, 6.07) is 23.6. The van der Waals surface area contributed by atoms with Crippen LogP contribution in [0.1, 0.15) is 5.56 Å². The van der Waals surface area contributed by atoms with Crippen LogP contribution in [0.25, 0.3) is 32.8 Å². The smallest absolute Gasteiger partial charge is 0.0786 e. The minimum Gasteiger partial charge on any atom is -0.256 e. The summed E-state index contributed by atoms with van der Waals surface area (Å²) in [5, 5.41) is 3.66. The Hall–Kier alpha value is -2.67. The topological polar surface area (TPSA) is 12.9 Å². The third-order valence-electron chi connectivity index (χ3n) is 3.98. The zero-order valence-corrected chi connectivity index (χ0v) is 11.9. The van der Waals surface area contributed by atoms with E-state index in [2.05, 4.69) is 72.6 Å². The Labute approximate surface area is 123 Å². The van der Waals surface area contributed by atoms with Crippen molar-refractivity contribution < 1.29 is 0 Å². The number of hydrogen-bond donors (Lipinski definition) is 0. The van der Waals surface area contributed by atoms with E-state index in [1.165, 1.54) is 32.8 Å². The molecule has 0 radical (unpaired) electrons. The number of aromatic nitrogens is 1. The maximum atomic E-state index is 4.61. The van der Waals surface area contributed by atoms with Gasteiger partial charge < -0.3 is 0 Å². The van der Waals surface area contributed by atoms with E-state index in [0.717, 1.165) is 5.52 Å². The summed E-state index contributed by atoms with van der Waals surface area (Å²) in [4.78, 5) is 4.61. The highest BCUT2D eigenvalue weighted by Gasteiger charge is 2.08. The van der Waals surface area contributed by atoms with Crippen molar-refractivity contribution >= 4 is 21.7 Å². The van der Waals surface area contributed by atoms with Crippen molar-refractivity contribution in [1.82, 2.24) is 4.98 Å². The maximum absolute atomic E-state index is 4.61. The highest BCUT2D eigenvalue weighted by Crippen LogP contribution is 2.33. The van der Waals surface area contributed by atoms with Gasteiger partial charge in [0.05, 0.1) is 5.52 Å². The van der Waals surface area contributed by atoms with E-state index in [1.54, 1.807) is 0 Å². The molecule has 1 aromatic heterocycles. The molecule has 0 unspecified atom stereocenters. The fraction of sp³-hybridized carbons (Fsp3) is 0.0500. The molecule has 1 heteroatoms. The van der Waals surface area contributed by atoms with Crippen LogP contribution in [0.15, 0.2) is 72.9 Å². The molecule has 1 nitrogen and oxygen atoms in total. The second-order valence-electron chi connectivity index (χ2n) is 5.41. The van der Waals surface area contributed by atoms with E-state index in [0.29, 0.717) is 0 Å². The number of hydrogen-bond acceptors (Lipinski definition) is 1. The first kappa shape index (κ1) is 12.1. The summed E-state index contributed by atoms with van der Waals surface area (Å²) in [5.41, 5.74) is 4.84. The fourth-order valence-corrected chi connectivity index (χ4v) is 2.89. The monoisotopic (exact) mass is 269 g/mol. The lowest BCUT2D eigenvalue weighted by atomic mass is 9.95. The molecule has 3 aromatic carbocycles. The van der Waals surface area contributed by atoms with Crippen LogP contribution in [-0.4, -0.2) is 4.98 Å². The van der Waals surface area contributed by atoms with Gasteiger partial charge in [0.15, 0.2) is 0 Å². The minimum atomic E-state index is 1.08. The van der Waals surface area contributed by atoms with Gasteiger partial charge in [0, 0.05) is 17.0 Å². The van der Waals surface area contributed by atoms with Crippen molar-refractivity contribution in [2.75, 3.05) is 0 Å². The van der Waals surface area contributed by atoms with Crippen LogP contribution in [0.5, 0.6) is 0 Å². The van der Waals surface area contributed by atoms with Crippen LogP contribution in [0, 0.1) is 6.92 Å². The lowest BCUT2D eigenvalue weighted by molar-refractivity contribution is 1.43. The van der Waals surface area contributed by atoms with Crippen LogP contribution >= 0.6 is 0 Å². The molecule has 0 saturated carbocycles. The molecule has 0 aliphatic heterocycles. The van der Waals surface area contributed by atoms with Gasteiger partial charge in [-0.2, -0.15) is 0 Å². The molecule has 4 aromatic rings. The van der Waals surface area contributed by atoms with Crippen LogP contribution in [0.2, 0.25) is 0 Å². The van der Waals surface area contributed by atoms with Gasteiger partial charge in [-0.3, -0.25) is 4.98 Å². The zero-order chi connectivity index (χ0) is 14.2. The van der Waals surface area contributed by atoms with Gasteiger partial charge in [-0.15, -0.1) is 0 Å². The van der Waals surface area contributed by atoms with Gasteiger partial charge >= 0.3 is 0 Å². The number of benzene rings is 3. The molecule has 0 bridgehead atoms. The van der Waals surface area contributed by atoms with Crippen molar-refractivity contribution in [2.45, 2.75) is 6.92 Å². The molecule has 0 saturated heterocycles. The SMILES string of the molecule is Cc1ccc(-c2cccc3ccc4cccnc4c23)cc1. The Morgan fingerprint density at radius 2 is 1.48 bits per heavy atom. The summed E-state index contributed by atoms with van der Waals surface area (Å²) in [6.45, 7) is 2.11. The molecule has 4 rings (SSSR count). The minimum absolute atomic E-state index is 1.08. The summed E-state index contributed by atoms with van der Waals surface area (Å²) in [5.74, 6) is 0. The van der Waals surface area contributed by atoms with Gasteiger partial charge in [0.1, 0.15) is 0 Å². The molecule has 100 valence electrons. The first-order chi connectivity index (χ1) is 10.3. The summed E-state index contributed by atoms with van der Waals surface area (Å²) < 4.78 is 0. The van der Waals surface area contributed by atoms with Crippen molar-refractivity contribution in [3.8, 4) is 11.1 Å². The summed E-state index contributed by atoms with van der Waals surface area (Å²) in [7, 11) is 0. The number of fused-ring (bicyclic) bond motifs is 3. The molecule has 0 aliphatic carbocycles. The molecular weight excluding hydrogens is 254 g/mol. The summed E-state index contributed by atoms with van der Waals surface area (Å²) in [6.07, 6.45) is 1.87. The molecule has 0 aliphatic rings. The third kappa shape index (κ3) is 1.98. The average Bonchev–Trinajstić information content (AvgIpc) is 2.55. The fourth-order valence-electron chi connectivity index (χ4n) is 2.89. The number of nitrogens with zero attached hydrogens (tertiary/aromatic N) is 1. The maximum Gasteiger partial charge on any atom is 0.0786 e. The molecule has 0 N–H and O–H groups in total. The Morgan fingerprint density at radius 1 is 0.714 bits per heavy atom. The molecule has 21 heavy (non-hydrogen) atoms. The van der Waals surface area contributed by atoms with Crippen LogP contribution in [0.4, 0.5) is 0 Å². The lowest BCUT2D eigenvalue weighted by Gasteiger charge is -2.10. The first-order valence-electron chi connectivity index (χ1n) is 7.16. The number of aryl methyl sites for hydroxylation is 1. The largest absolute Gasteiger partial charge is 0.256 e. The van der Waals surface area contributed by atoms with Gasteiger partial charge in [-0.05, 0) is 29.5 Å². The second kappa shape index (κ2) is 4.71. The average molecular weight is 269 g/mol. The van der Waals surface area contributed by atoms with E-state index in [1.807, 2.05) is 12.3 Å². The van der Waals surface area contributed by atoms with E-state index >= 15 is 0 Å². The first-order valence-corrected chi connectivity index (χ1v) is 7.16. The molecule has 1 heterocycles. The van der Waals surface area contributed by atoms with E-state index < -0.39 is 0 Å². The zero-order valence-electron chi connectivity index (χ0n) is 11.9. The molecule has 0 fully saturated rings. The van der Waals surface area contributed by atoms with E-state index in [9.17, 15) is 0 Å². The third-order valence-corrected chi connectivity index (χ3v) is 3.98. The Balaban J connectivity index is 2.13. The Kier molecular flexibility index (Phi) is 2.71. The Morgan fingerprint density at radius 3 is 2.33 bits per heavy atom. The van der Waals surface area contributed by atoms with E-state index in [-0.39, 0.29) is 0 Å². The van der Waals surface area contributed by atoms with Crippen molar-refractivity contribution in [2.24, 2.45) is 0 Å². The quantitative estimate of drug-likeness (QED) is 0.424.